The van der Waals surface area contributed by atoms with Crippen molar-refractivity contribution in [3.63, 3.8) is 0 Å². The summed E-state index contributed by atoms with van der Waals surface area (Å²) in [5, 5.41) is 10.0. The average Bonchev–Trinajstić information content (AvgIpc) is 2.56. The number of hydrogen-bond acceptors (Lipinski definition) is 3. The maximum absolute atomic E-state index is 5.31. The van der Waals surface area contributed by atoms with E-state index in [9.17, 15) is 0 Å². The van der Waals surface area contributed by atoms with Gasteiger partial charge in [-0.2, -0.15) is 0 Å². The van der Waals surface area contributed by atoms with Gasteiger partial charge in [-0.15, -0.1) is 24.0 Å². The Hall–Kier alpha value is -1.02. The molecule has 132 valence electrons. The van der Waals surface area contributed by atoms with E-state index in [1.165, 1.54) is 5.69 Å². The molecule has 1 aromatic rings. The molecule has 0 aliphatic carbocycles. The zero-order valence-electron chi connectivity index (χ0n) is 14.3. The van der Waals surface area contributed by atoms with E-state index in [2.05, 4.69) is 33.1 Å². The van der Waals surface area contributed by atoms with Crippen molar-refractivity contribution < 1.29 is 4.74 Å². The number of halogens is 1. The summed E-state index contributed by atoms with van der Waals surface area (Å²) in [5.74, 6) is 0.871. The number of ether oxygens (including phenoxy) is 1. The Morgan fingerprint density at radius 3 is 2.35 bits per heavy atom. The maximum atomic E-state index is 5.31. The predicted molar refractivity (Wildman–Crippen MR) is 110 cm³/mol. The molecule has 0 atom stereocenters. The Morgan fingerprint density at radius 1 is 1.00 bits per heavy atom. The van der Waals surface area contributed by atoms with E-state index in [0.717, 1.165) is 58.1 Å². The first-order valence-electron chi connectivity index (χ1n) is 8.18. The van der Waals surface area contributed by atoms with Crippen LogP contribution in [0, 0.1) is 0 Å². The van der Waals surface area contributed by atoms with E-state index in [1.54, 1.807) is 7.05 Å². The van der Waals surface area contributed by atoms with E-state index in [-0.39, 0.29) is 24.0 Å². The SMILES string of the molecule is CCOCCCCNC(=NC)NCCCNc1ccccc1.I. The highest BCUT2D eigenvalue weighted by atomic mass is 127. The molecule has 0 aliphatic rings. The van der Waals surface area contributed by atoms with Crippen LogP contribution in [0.25, 0.3) is 0 Å². The van der Waals surface area contributed by atoms with E-state index in [0.29, 0.717) is 0 Å². The number of aliphatic imine (C=N–C) groups is 1. The van der Waals surface area contributed by atoms with Gasteiger partial charge >= 0.3 is 0 Å². The Balaban J connectivity index is 0.00000484. The minimum atomic E-state index is 0. The minimum absolute atomic E-state index is 0. The topological polar surface area (TPSA) is 57.7 Å². The van der Waals surface area contributed by atoms with Gasteiger partial charge in [-0.3, -0.25) is 4.99 Å². The van der Waals surface area contributed by atoms with Gasteiger partial charge in [0.05, 0.1) is 0 Å². The van der Waals surface area contributed by atoms with Crippen LogP contribution in [0.2, 0.25) is 0 Å². The Kier molecular flexibility index (Phi) is 15.2. The van der Waals surface area contributed by atoms with E-state index >= 15 is 0 Å². The number of hydrogen-bond donors (Lipinski definition) is 3. The zero-order chi connectivity index (χ0) is 15.9. The third-order valence-electron chi connectivity index (χ3n) is 3.18. The number of unbranched alkanes of at least 4 members (excludes halogenated alkanes) is 1. The van der Waals surface area contributed by atoms with Crippen LogP contribution in [-0.4, -0.2) is 45.9 Å². The summed E-state index contributed by atoms with van der Waals surface area (Å²) < 4.78 is 5.31. The number of nitrogens with one attached hydrogen (secondary N) is 3. The van der Waals surface area contributed by atoms with Crippen molar-refractivity contribution in [2.45, 2.75) is 26.2 Å². The molecular weight excluding hydrogens is 403 g/mol. The summed E-state index contributed by atoms with van der Waals surface area (Å²) in [6.45, 7) is 6.44. The molecule has 0 amide bonds. The number of para-hydroxylation sites is 1. The fourth-order valence-corrected chi connectivity index (χ4v) is 1.98. The summed E-state index contributed by atoms with van der Waals surface area (Å²) in [6.07, 6.45) is 3.22. The molecule has 0 heterocycles. The molecular formula is C17H31IN4O. The second kappa shape index (κ2) is 15.9. The molecule has 0 saturated carbocycles. The molecule has 0 unspecified atom stereocenters. The van der Waals surface area contributed by atoms with Gasteiger partial charge < -0.3 is 20.7 Å². The first kappa shape index (κ1) is 22.0. The maximum Gasteiger partial charge on any atom is 0.190 e. The Morgan fingerprint density at radius 2 is 1.70 bits per heavy atom. The van der Waals surface area contributed by atoms with Crippen LogP contribution >= 0.6 is 24.0 Å². The molecule has 0 saturated heterocycles. The van der Waals surface area contributed by atoms with Crippen LogP contribution < -0.4 is 16.0 Å². The smallest absolute Gasteiger partial charge is 0.190 e. The average molecular weight is 434 g/mol. The van der Waals surface area contributed by atoms with Crippen LogP contribution in [0.5, 0.6) is 0 Å². The molecule has 3 N–H and O–H groups in total. The third-order valence-corrected chi connectivity index (χ3v) is 3.18. The van der Waals surface area contributed by atoms with Gasteiger partial charge in [0.15, 0.2) is 5.96 Å². The Bertz CT molecular complexity index is 401. The molecule has 0 radical (unpaired) electrons. The molecule has 1 rings (SSSR count). The normalized spacial score (nSPS) is 10.8. The lowest BCUT2D eigenvalue weighted by Gasteiger charge is -2.12. The second-order valence-electron chi connectivity index (χ2n) is 4.98. The second-order valence-corrected chi connectivity index (χ2v) is 4.98. The number of rotatable bonds is 11. The van der Waals surface area contributed by atoms with Gasteiger partial charge in [0.2, 0.25) is 0 Å². The first-order chi connectivity index (χ1) is 10.9. The fourth-order valence-electron chi connectivity index (χ4n) is 1.98. The lowest BCUT2D eigenvalue weighted by Crippen LogP contribution is -2.38. The molecule has 0 aromatic heterocycles. The predicted octanol–water partition coefficient (Wildman–Crippen LogP) is 3.09. The molecule has 0 spiro atoms. The Labute approximate surface area is 157 Å². The molecule has 0 bridgehead atoms. The highest BCUT2D eigenvalue weighted by Gasteiger charge is 1.96. The summed E-state index contributed by atoms with van der Waals surface area (Å²) in [5.41, 5.74) is 1.17. The van der Waals surface area contributed by atoms with Crippen LogP contribution in [0.3, 0.4) is 0 Å². The van der Waals surface area contributed by atoms with Gasteiger partial charge in [-0.25, -0.2) is 0 Å². The van der Waals surface area contributed by atoms with Crippen molar-refractivity contribution in [3.8, 4) is 0 Å². The molecule has 0 aliphatic heterocycles. The van der Waals surface area contributed by atoms with Crippen molar-refractivity contribution in [1.82, 2.24) is 10.6 Å². The van der Waals surface area contributed by atoms with Gasteiger partial charge in [-0.05, 0) is 38.3 Å². The lowest BCUT2D eigenvalue weighted by atomic mass is 10.3. The first-order valence-corrected chi connectivity index (χ1v) is 8.18. The monoisotopic (exact) mass is 434 g/mol. The summed E-state index contributed by atoms with van der Waals surface area (Å²) >= 11 is 0. The van der Waals surface area contributed by atoms with Crippen LogP contribution in [0.15, 0.2) is 35.3 Å². The number of benzene rings is 1. The third kappa shape index (κ3) is 12.1. The minimum Gasteiger partial charge on any atom is -0.385 e. The lowest BCUT2D eigenvalue weighted by molar-refractivity contribution is 0.143. The number of nitrogens with zero attached hydrogens (tertiary/aromatic N) is 1. The van der Waals surface area contributed by atoms with Gasteiger partial charge in [0.25, 0.3) is 0 Å². The van der Waals surface area contributed by atoms with Crippen molar-refractivity contribution >= 4 is 35.6 Å². The van der Waals surface area contributed by atoms with Gasteiger partial charge in [0.1, 0.15) is 0 Å². The summed E-state index contributed by atoms with van der Waals surface area (Å²) in [4.78, 5) is 4.22. The molecule has 5 nitrogen and oxygen atoms in total. The molecule has 0 fully saturated rings. The highest BCUT2D eigenvalue weighted by Crippen LogP contribution is 2.03. The van der Waals surface area contributed by atoms with Crippen LogP contribution in [0.4, 0.5) is 5.69 Å². The van der Waals surface area contributed by atoms with Crippen LogP contribution in [-0.2, 0) is 4.74 Å². The standard InChI is InChI=1S/C17H30N4O.HI/c1-3-22-15-8-7-12-20-17(18-2)21-14-9-13-19-16-10-5-4-6-11-16;/h4-6,10-11,19H,3,7-9,12-15H2,1-2H3,(H2,18,20,21);1H. The molecule has 1 aromatic carbocycles. The summed E-state index contributed by atoms with van der Waals surface area (Å²) in [6, 6.07) is 10.3. The van der Waals surface area contributed by atoms with Crippen molar-refractivity contribution in [3.05, 3.63) is 30.3 Å². The van der Waals surface area contributed by atoms with E-state index in [1.807, 2.05) is 25.1 Å². The number of anilines is 1. The summed E-state index contributed by atoms with van der Waals surface area (Å²) in [7, 11) is 1.80. The van der Waals surface area contributed by atoms with Crippen molar-refractivity contribution in [2.24, 2.45) is 4.99 Å². The van der Waals surface area contributed by atoms with E-state index in [4.69, 9.17) is 4.74 Å². The molecule has 23 heavy (non-hydrogen) atoms. The zero-order valence-corrected chi connectivity index (χ0v) is 16.6. The van der Waals surface area contributed by atoms with Crippen molar-refractivity contribution in [2.75, 3.05) is 45.2 Å². The highest BCUT2D eigenvalue weighted by molar-refractivity contribution is 14.0. The number of guanidine groups is 1. The van der Waals surface area contributed by atoms with Crippen molar-refractivity contribution in [1.29, 1.82) is 0 Å². The largest absolute Gasteiger partial charge is 0.385 e. The van der Waals surface area contributed by atoms with E-state index < -0.39 is 0 Å². The van der Waals surface area contributed by atoms with Crippen LogP contribution in [0.1, 0.15) is 26.2 Å². The quantitative estimate of drug-likeness (QED) is 0.217. The molecule has 6 heteroatoms. The van der Waals surface area contributed by atoms with Gasteiger partial charge in [-0.1, -0.05) is 18.2 Å². The fraction of sp³-hybridized carbons (Fsp3) is 0.588. The van der Waals surface area contributed by atoms with Gasteiger partial charge in [0, 0.05) is 45.6 Å².